The number of ether oxygens (including phenoxy) is 1. The van der Waals surface area contributed by atoms with Crippen molar-refractivity contribution in [2.24, 2.45) is 5.10 Å². The normalized spacial score (nSPS) is 11.7. The van der Waals surface area contributed by atoms with Gasteiger partial charge >= 0.3 is 0 Å². The molecule has 128 valence electrons. The molecule has 0 aliphatic heterocycles. The number of rotatable bonds is 5. The van der Waals surface area contributed by atoms with Gasteiger partial charge in [0.15, 0.2) is 11.5 Å². The van der Waals surface area contributed by atoms with Gasteiger partial charge < -0.3 is 4.74 Å². The third-order valence-electron chi connectivity index (χ3n) is 3.91. The van der Waals surface area contributed by atoms with Crippen LogP contribution in [0, 0.1) is 0 Å². The molecule has 2 aromatic heterocycles. The van der Waals surface area contributed by atoms with Gasteiger partial charge in [-0.25, -0.2) is 0 Å². The molecule has 0 atom stereocenters. The number of aromatic nitrogens is 4. The first-order valence-corrected chi connectivity index (χ1v) is 8.04. The zero-order valence-corrected chi connectivity index (χ0v) is 14.1. The predicted molar refractivity (Wildman–Crippen MR) is 102 cm³/mol. The van der Waals surface area contributed by atoms with Crippen molar-refractivity contribution in [2.75, 3.05) is 12.5 Å². The minimum absolute atomic E-state index is 0.634. The maximum atomic E-state index is 5.32. The minimum atomic E-state index is 0.634. The second kappa shape index (κ2) is 7.02. The molecule has 4 rings (SSSR count). The number of benzene rings is 2. The molecule has 26 heavy (non-hydrogen) atoms. The van der Waals surface area contributed by atoms with Crippen molar-refractivity contribution < 1.29 is 4.74 Å². The lowest BCUT2D eigenvalue weighted by Crippen LogP contribution is -2.00. The van der Waals surface area contributed by atoms with Crippen molar-refractivity contribution >= 4 is 34.5 Å². The Labute approximate surface area is 149 Å². The maximum Gasteiger partial charge on any atom is 0.185 e. The third kappa shape index (κ3) is 2.98. The van der Waals surface area contributed by atoms with Crippen LogP contribution in [0.1, 0.15) is 5.56 Å². The highest BCUT2D eigenvalue weighted by Gasteiger charge is 2.08. The van der Waals surface area contributed by atoms with E-state index >= 15 is 0 Å². The number of anilines is 1. The minimum Gasteiger partial charge on any atom is -0.496 e. The molecule has 4 aromatic rings. The lowest BCUT2D eigenvalue weighted by atomic mass is 10.2. The van der Waals surface area contributed by atoms with Crippen LogP contribution < -0.4 is 10.2 Å². The second-order valence-corrected chi connectivity index (χ2v) is 5.48. The van der Waals surface area contributed by atoms with Crippen molar-refractivity contribution in [3.05, 3.63) is 66.5 Å². The van der Waals surface area contributed by atoms with E-state index in [0.717, 1.165) is 22.1 Å². The van der Waals surface area contributed by atoms with Gasteiger partial charge in [-0.15, -0.1) is 15.3 Å². The Morgan fingerprint density at radius 3 is 2.77 bits per heavy atom. The van der Waals surface area contributed by atoms with E-state index < -0.39 is 0 Å². The van der Waals surface area contributed by atoms with Crippen LogP contribution in [0.3, 0.4) is 0 Å². The summed E-state index contributed by atoms with van der Waals surface area (Å²) >= 11 is 0. The van der Waals surface area contributed by atoms with E-state index in [-0.39, 0.29) is 0 Å². The standard InChI is InChI=1S/C19H16N6O/c1-26-17-11-5-2-7-14(17)8-6-12-20-22-18-15-9-3-4-10-16(15)19-23-21-13-25(19)24-18/h2-13H,1H3,(H,22,24)/b8-6+,20-12-. The number of hydrazone groups is 1. The van der Waals surface area contributed by atoms with Crippen LogP contribution in [-0.4, -0.2) is 33.1 Å². The first kappa shape index (κ1) is 15.8. The molecule has 7 heteroatoms. The SMILES string of the molecule is COc1ccccc1/C=C/C=N\Nc1nn2cnnc2c2ccccc12. The van der Waals surface area contributed by atoms with Gasteiger partial charge in [0.2, 0.25) is 0 Å². The molecule has 0 amide bonds. The lowest BCUT2D eigenvalue weighted by Gasteiger charge is -2.05. The van der Waals surface area contributed by atoms with Crippen molar-refractivity contribution in [1.29, 1.82) is 0 Å². The Morgan fingerprint density at radius 1 is 1.08 bits per heavy atom. The molecule has 7 nitrogen and oxygen atoms in total. The molecular formula is C19H16N6O. The zero-order valence-electron chi connectivity index (χ0n) is 14.1. The monoisotopic (exact) mass is 344 g/mol. The summed E-state index contributed by atoms with van der Waals surface area (Å²) in [6, 6.07) is 15.7. The van der Waals surface area contributed by atoms with Crippen molar-refractivity contribution in [1.82, 2.24) is 19.8 Å². The lowest BCUT2D eigenvalue weighted by molar-refractivity contribution is 0.414. The van der Waals surface area contributed by atoms with Gasteiger partial charge in [0.05, 0.1) is 7.11 Å². The van der Waals surface area contributed by atoms with Crippen LogP contribution in [0.2, 0.25) is 0 Å². The van der Waals surface area contributed by atoms with E-state index in [1.807, 2.05) is 60.7 Å². The van der Waals surface area contributed by atoms with Gasteiger partial charge in [0.25, 0.3) is 0 Å². The summed E-state index contributed by atoms with van der Waals surface area (Å²) in [7, 11) is 1.65. The number of hydrogen-bond donors (Lipinski definition) is 1. The van der Waals surface area contributed by atoms with Crippen LogP contribution in [-0.2, 0) is 0 Å². The molecule has 2 heterocycles. The van der Waals surface area contributed by atoms with E-state index in [4.69, 9.17) is 4.74 Å². The Kier molecular flexibility index (Phi) is 4.26. The number of para-hydroxylation sites is 1. The van der Waals surface area contributed by atoms with E-state index in [1.165, 1.54) is 0 Å². The summed E-state index contributed by atoms with van der Waals surface area (Å²) in [5.41, 5.74) is 4.68. The summed E-state index contributed by atoms with van der Waals surface area (Å²) in [5.74, 6) is 1.45. The van der Waals surface area contributed by atoms with Crippen LogP contribution in [0.5, 0.6) is 5.75 Å². The fourth-order valence-corrected chi connectivity index (χ4v) is 2.70. The van der Waals surface area contributed by atoms with Crippen molar-refractivity contribution in [2.45, 2.75) is 0 Å². The van der Waals surface area contributed by atoms with Crippen LogP contribution >= 0.6 is 0 Å². The number of methoxy groups -OCH3 is 1. The van der Waals surface area contributed by atoms with E-state index in [0.29, 0.717) is 11.5 Å². The molecule has 0 radical (unpaired) electrons. The fraction of sp³-hybridized carbons (Fsp3) is 0.0526. The van der Waals surface area contributed by atoms with Crippen molar-refractivity contribution in [3.8, 4) is 5.75 Å². The average Bonchev–Trinajstić information content (AvgIpc) is 3.17. The Bertz CT molecular complexity index is 1120. The molecular weight excluding hydrogens is 328 g/mol. The number of fused-ring (bicyclic) bond motifs is 3. The number of nitrogens with zero attached hydrogens (tertiary/aromatic N) is 5. The van der Waals surface area contributed by atoms with E-state index in [2.05, 4.69) is 25.8 Å². The van der Waals surface area contributed by atoms with E-state index in [1.54, 1.807) is 24.2 Å². The largest absolute Gasteiger partial charge is 0.496 e. The summed E-state index contributed by atoms with van der Waals surface area (Å²) in [6.45, 7) is 0. The number of nitrogens with one attached hydrogen (secondary N) is 1. The highest BCUT2D eigenvalue weighted by Crippen LogP contribution is 2.23. The summed E-state index contributed by atoms with van der Waals surface area (Å²) < 4.78 is 6.95. The Morgan fingerprint density at radius 2 is 1.88 bits per heavy atom. The molecule has 0 bridgehead atoms. The van der Waals surface area contributed by atoms with Gasteiger partial charge in [0.1, 0.15) is 12.1 Å². The Hall–Kier alpha value is -3.74. The number of allylic oxidation sites excluding steroid dienone is 1. The van der Waals surface area contributed by atoms with Crippen molar-refractivity contribution in [3.63, 3.8) is 0 Å². The quantitative estimate of drug-likeness (QED) is 0.443. The van der Waals surface area contributed by atoms with Gasteiger partial charge in [-0.2, -0.15) is 9.62 Å². The summed E-state index contributed by atoms with van der Waals surface area (Å²) in [5, 5.41) is 18.6. The molecule has 0 aliphatic carbocycles. The molecule has 0 unspecified atom stereocenters. The van der Waals surface area contributed by atoms with Crippen LogP contribution in [0.25, 0.3) is 22.5 Å². The topological polar surface area (TPSA) is 76.7 Å². The smallest absolute Gasteiger partial charge is 0.185 e. The molecule has 0 saturated heterocycles. The third-order valence-corrected chi connectivity index (χ3v) is 3.91. The molecule has 0 spiro atoms. The molecule has 0 fully saturated rings. The Balaban J connectivity index is 1.57. The molecule has 0 aliphatic rings. The first-order valence-electron chi connectivity index (χ1n) is 8.04. The number of hydrogen-bond acceptors (Lipinski definition) is 6. The maximum absolute atomic E-state index is 5.32. The zero-order chi connectivity index (χ0) is 17.8. The highest BCUT2D eigenvalue weighted by molar-refractivity contribution is 5.99. The van der Waals surface area contributed by atoms with Crippen LogP contribution in [0.15, 0.2) is 66.0 Å². The summed E-state index contributed by atoms with van der Waals surface area (Å²) in [4.78, 5) is 0. The molecule has 2 aromatic carbocycles. The van der Waals surface area contributed by atoms with Gasteiger partial charge in [-0.1, -0.05) is 42.5 Å². The van der Waals surface area contributed by atoms with Gasteiger partial charge in [-0.05, 0) is 18.2 Å². The second-order valence-electron chi connectivity index (χ2n) is 5.48. The summed E-state index contributed by atoms with van der Waals surface area (Å²) in [6.07, 6.45) is 7.00. The fourth-order valence-electron chi connectivity index (χ4n) is 2.70. The van der Waals surface area contributed by atoms with Crippen LogP contribution in [0.4, 0.5) is 5.82 Å². The van der Waals surface area contributed by atoms with Gasteiger partial charge in [0, 0.05) is 22.6 Å². The first-order chi connectivity index (χ1) is 12.9. The van der Waals surface area contributed by atoms with Gasteiger partial charge in [-0.3, -0.25) is 5.43 Å². The van der Waals surface area contributed by atoms with E-state index in [9.17, 15) is 0 Å². The molecule has 1 N–H and O–H groups in total. The highest BCUT2D eigenvalue weighted by atomic mass is 16.5. The molecule has 0 saturated carbocycles. The predicted octanol–water partition coefficient (Wildman–Crippen LogP) is 3.40. The average molecular weight is 344 g/mol.